The first kappa shape index (κ1) is 27.1. The fourth-order valence-electron chi connectivity index (χ4n) is 3.57. The first-order valence-corrected chi connectivity index (χ1v) is 14.4. The number of halogens is 2. The smallest absolute Gasteiger partial charge is 0.131 e. The Kier molecular flexibility index (Phi) is 11.8. The maximum atomic E-state index is 6.18. The molecule has 2 aromatic carbocycles. The van der Waals surface area contributed by atoms with E-state index >= 15 is 0 Å². The lowest BCUT2D eigenvalue weighted by Crippen LogP contribution is -2.02. The molecule has 2 unspecified atom stereocenters. The molecule has 3 aromatic rings. The van der Waals surface area contributed by atoms with Gasteiger partial charge in [0.2, 0.25) is 0 Å². The maximum absolute atomic E-state index is 6.18. The fraction of sp³-hybridized carbons (Fsp3) is 0.357. The number of unbranched alkanes of at least 4 members (excludes halogenated alkanes) is 2. The minimum atomic E-state index is 0.317. The second-order valence-electron chi connectivity index (χ2n) is 8.19. The van der Waals surface area contributed by atoms with Crippen LogP contribution in [-0.2, 0) is 0 Å². The summed E-state index contributed by atoms with van der Waals surface area (Å²) >= 11 is 16.1. The number of aromatic nitrogens is 1. The molecule has 2 nitrogen and oxygen atoms in total. The zero-order valence-corrected chi connectivity index (χ0v) is 22.9. The van der Waals surface area contributed by atoms with Crippen molar-refractivity contribution < 1.29 is 0 Å². The van der Waals surface area contributed by atoms with E-state index in [4.69, 9.17) is 28.2 Å². The second-order valence-corrected chi connectivity index (χ2v) is 11.7. The number of benzene rings is 2. The molecule has 0 aliphatic rings. The molecule has 180 valence electrons. The Bertz CT molecular complexity index is 947. The Morgan fingerprint density at radius 3 is 1.71 bits per heavy atom. The van der Waals surface area contributed by atoms with E-state index in [0.29, 0.717) is 10.5 Å². The van der Waals surface area contributed by atoms with E-state index in [0.717, 1.165) is 45.8 Å². The monoisotopic (exact) mass is 530 g/mol. The third-order valence-corrected chi connectivity index (χ3v) is 8.73. The molecule has 0 aliphatic carbocycles. The van der Waals surface area contributed by atoms with Crippen LogP contribution in [0.5, 0.6) is 0 Å². The summed E-state index contributed by atoms with van der Waals surface area (Å²) in [6, 6.07) is 20.5. The predicted molar refractivity (Wildman–Crippen MR) is 154 cm³/mol. The van der Waals surface area contributed by atoms with Gasteiger partial charge in [-0.3, -0.25) is 4.98 Å². The van der Waals surface area contributed by atoms with Crippen LogP contribution in [0, 0.1) is 0 Å². The summed E-state index contributed by atoms with van der Waals surface area (Å²) in [5.74, 6) is 0. The van der Waals surface area contributed by atoms with Crippen LogP contribution >= 0.6 is 46.7 Å². The van der Waals surface area contributed by atoms with Gasteiger partial charge in [0, 0.05) is 26.7 Å². The largest absolute Gasteiger partial charge is 0.262 e. The quantitative estimate of drug-likeness (QED) is 0.182. The number of thioether (sulfide) groups is 2. The van der Waals surface area contributed by atoms with Gasteiger partial charge in [0.25, 0.3) is 0 Å². The summed E-state index contributed by atoms with van der Waals surface area (Å²) in [4.78, 5) is 9.34. The highest BCUT2D eigenvalue weighted by atomic mass is 35.5. The van der Waals surface area contributed by atoms with Crippen molar-refractivity contribution in [3.05, 3.63) is 94.2 Å². The summed E-state index contributed by atoms with van der Waals surface area (Å²) in [6.07, 6.45) is 10.5. The first-order chi connectivity index (χ1) is 16.6. The van der Waals surface area contributed by atoms with Crippen molar-refractivity contribution in [3.63, 3.8) is 0 Å². The SMILES string of the molecule is CCCCC(SC(=Nc1cccnc1)SC(CCCC)c1ccc(Cl)cc1)c1ccc(Cl)cc1. The summed E-state index contributed by atoms with van der Waals surface area (Å²) < 4.78 is 1.07. The summed E-state index contributed by atoms with van der Waals surface area (Å²) in [6.45, 7) is 4.48. The Balaban J connectivity index is 1.93. The van der Waals surface area contributed by atoms with Crippen molar-refractivity contribution in [2.45, 2.75) is 62.9 Å². The summed E-state index contributed by atoms with van der Waals surface area (Å²) in [5, 5.41) is 2.17. The number of hydrogen-bond acceptors (Lipinski definition) is 4. The van der Waals surface area contributed by atoms with Crippen LogP contribution in [0.2, 0.25) is 10.0 Å². The van der Waals surface area contributed by atoms with Gasteiger partial charge in [-0.2, -0.15) is 0 Å². The van der Waals surface area contributed by atoms with Crippen LogP contribution in [-0.4, -0.2) is 9.36 Å². The highest BCUT2D eigenvalue weighted by Crippen LogP contribution is 2.44. The zero-order chi connectivity index (χ0) is 24.2. The van der Waals surface area contributed by atoms with Crippen LogP contribution in [0.3, 0.4) is 0 Å². The molecule has 0 spiro atoms. The van der Waals surface area contributed by atoms with Gasteiger partial charge in [0.15, 0.2) is 0 Å². The van der Waals surface area contributed by atoms with Gasteiger partial charge in [-0.1, -0.05) is 111 Å². The van der Waals surface area contributed by atoms with Crippen molar-refractivity contribution in [2.75, 3.05) is 0 Å². The highest BCUT2D eigenvalue weighted by molar-refractivity contribution is 8.39. The van der Waals surface area contributed by atoms with E-state index in [1.165, 1.54) is 24.0 Å². The number of hydrogen-bond donors (Lipinski definition) is 0. The zero-order valence-electron chi connectivity index (χ0n) is 19.8. The molecule has 0 saturated heterocycles. The van der Waals surface area contributed by atoms with Crippen molar-refractivity contribution in [3.8, 4) is 0 Å². The predicted octanol–water partition coefficient (Wildman–Crippen LogP) is 10.7. The van der Waals surface area contributed by atoms with E-state index in [1.54, 1.807) is 6.20 Å². The standard InChI is InChI=1S/C28H32Cl2N2S2/c1-3-5-9-26(21-11-15-23(29)16-12-21)33-28(32-25-8-7-19-31-20-25)34-27(10-6-4-2)22-13-17-24(30)18-14-22/h7-8,11-20,26-27H,3-6,9-10H2,1-2H3. The third kappa shape index (κ3) is 8.96. The van der Waals surface area contributed by atoms with Crippen molar-refractivity contribution in [1.29, 1.82) is 0 Å². The van der Waals surface area contributed by atoms with Crippen LogP contribution in [0.4, 0.5) is 5.69 Å². The minimum Gasteiger partial charge on any atom is -0.262 e. The fourth-order valence-corrected chi connectivity index (χ4v) is 6.70. The van der Waals surface area contributed by atoms with Gasteiger partial charge in [0.05, 0.1) is 11.9 Å². The number of nitrogens with zero attached hydrogens (tertiary/aromatic N) is 2. The van der Waals surface area contributed by atoms with Crippen LogP contribution < -0.4 is 0 Å². The number of rotatable bonds is 11. The molecule has 0 radical (unpaired) electrons. The van der Waals surface area contributed by atoms with E-state index in [9.17, 15) is 0 Å². The lowest BCUT2D eigenvalue weighted by Gasteiger charge is -2.22. The molecular weight excluding hydrogens is 499 g/mol. The highest BCUT2D eigenvalue weighted by Gasteiger charge is 2.21. The Labute approximate surface area is 223 Å². The molecule has 2 atom stereocenters. The first-order valence-electron chi connectivity index (χ1n) is 11.9. The molecule has 0 bridgehead atoms. The molecule has 34 heavy (non-hydrogen) atoms. The van der Waals surface area contributed by atoms with E-state index in [2.05, 4.69) is 43.1 Å². The molecule has 1 heterocycles. The Hall–Kier alpha value is -1.46. The molecule has 0 aliphatic heterocycles. The molecule has 3 rings (SSSR count). The number of pyridine rings is 1. The van der Waals surface area contributed by atoms with Gasteiger partial charge >= 0.3 is 0 Å². The van der Waals surface area contributed by atoms with Crippen molar-refractivity contribution in [2.24, 2.45) is 4.99 Å². The Morgan fingerprint density at radius 1 is 0.794 bits per heavy atom. The topological polar surface area (TPSA) is 25.2 Å². The lowest BCUT2D eigenvalue weighted by molar-refractivity contribution is 0.707. The van der Waals surface area contributed by atoms with Crippen LogP contribution in [0.1, 0.15) is 74.0 Å². The van der Waals surface area contributed by atoms with Crippen LogP contribution in [0.15, 0.2) is 78.0 Å². The lowest BCUT2D eigenvalue weighted by atomic mass is 10.1. The summed E-state index contributed by atoms with van der Waals surface area (Å²) in [7, 11) is 0. The van der Waals surface area contributed by atoms with Gasteiger partial charge in [-0.05, 0) is 60.4 Å². The third-order valence-electron chi connectivity index (χ3n) is 5.48. The van der Waals surface area contributed by atoms with E-state index < -0.39 is 0 Å². The normalized spacial score (nSPS) is 12.8. The van der Waals surface area contributed by atoms with Gasteiger partial charge in [-0.25, -0.2) is 4.99 Å². The molecule has 0 fully saturated rings. The maximum Gasteiger partial charge on any atom is 0.131 e. The van der Waals surface area contributed by atoms with Gasteiger partial charge < -0.3 is 0 Å². The molecule has 6 heteroatoms. The molecule has 0 N–H and O–H groups in total. The minimum absolute atomic E-state index is 0.317. The van der Waals surface area contributed by atoms with Gasteiger partial charge in [0.1, 0.15) is 4.38 Å². The molecule has 0 amide bonds. The van der Waals surface area contributed by atoms with Crippen LogP contribution in [0.25, 0.3) is 0 Å². The molecular formula is C28H32Cl2N2S2. The van der Waals surface area contributed by atoms with Gasteiger partial charge in [-0.15, -0.1) is 0 Å². The average Bonchev–Trinajstić information content (AvgIpc) is 2.86. The second kappa shape index (κ2) is 14.8. The summed E-state index contributed by atoms with van der Waals surface area (Å²) in [5.41, 5.74) is 3.46. The average molecular weight is 532 g/mol. The van der Waals surface area contributed by atoms with E-state index in [-0.39, 0.29) is 0 Å². The molecule has 0 saturated carbocycles. The van der Waals surface area contributed by atoms with Crippen molar-refractivity contribution >= 4 is 56.8 Å². The molecule has 1 aromatic heterocycles. The van der Waals surface area contributed by atoms with Crippen molar-refractivity contribution in [1.82, 2.24) is 4.98 Å². The number of aliphatic imine (C=N–C) groups is 1. The Morgan fingerprint density at radius 2 is 1.29 bits per heavy atom. The van der Waals surface area contributed by atoms with E-state index in [1.807, 2.05) is 66.1 Å².